The molecule has 7 nitrogen and oxygen atoms in total. The molecular weight excluding hydrogens is 370 g/mol. The Morgan fingerprint density at radius 1 is 1.00 bits per heavy atom. The molecule has 1 aliphatic heterocycles. The Balaban J connectivity index is 1.74. The van der Waals surface area contributed by atoms with Crippen LogP contribution in [0, 0.1) is 0 Å². The number of carbonyl (C=O) groups is 3. The minimum atomic E-state index is -0.620. The van der Waals surface area contributed by atoms with E-state index in [2.05, 4.69) is 5.32 Å². The number of hydroxylamine groups is 1. The molecule has 0 aromatic heterocycles. The van der Waals surface area contributed by atoms with Crippen LogP contribution >= 0.6 is 0 Å². The second kappa shape index (κ2) is 9.84. The van der Waals surface area contributed by atoms with E-state index in [1.165, 1.54) is 0 Å². The molecule has 3 amide bonds. The van der Waals surface area contributed by atoms with Crippen molar-refractivity contribution in [3.63, 3.8) is 0 Å². The molecule has 0 bridgehead atoms. The number of para-hydroxylation sites is 1. The van der Waals surface area contributed by atoms with Crippen LogP contribution < -0.4 is 15.7 Å². The number of anilines is 1. The average Bonchev–Trinajstić information content (AvgIpc) is 2.85. The Bertz CT molecular complexity index is 869. The van der Waals surface area contributed by atoms with Gasteiger partial charge in [-0.15, -0.1) is 0 Å². The van der Waals surface area contributed by atoms with Crippen LogP contribution in [-0.4, -0.2) is 29.0 Å². The number of unbranched alkanes of at least 4 members (excludes halogenated alkanes) is 2. The van der Waals surface area contributed by atoms with Crippen molar-refractivity contribution in [1.29, 1.82) is 0 Å². The Morgan fingerprint density at radius 2 is 1.72 bits per heavy atom. The van der Waals surface area contributed by atoms with E-state index in [0.717, 1.165) is 12.0 Å². The molecule has 2 aromatic carbocycles. The van der Waals surface area contributed by atoms with E-state index in [9.17, 15) is 14.4 Å². The summed E-state index contributed by atoms with van der Waals surface area (Å²) in [7, 11) is 0. The summed E-state index contributed by atoms with van der Waals surface area (Å²) in [5.74, 6) is -0.817. The van der Waals surface area contributed by atoms with E-state index in [-0.39, 0.29) is 18.2 Å². The van der Waals surface area contributed by atoms with Crippen molar-refractivity contribution in [2.75, 3.05) is 4.90 Å². The maximum Gasteiger partial charge on any atom is 0.254 e. The van der Waals surface area contributed by atoms with E-state index >= 15 is 0 Å². The van der Waals surface area contributed by atoms with Crippen LogP contribution in [0.4, 0.5) is 5.69 Å². The molecule has 1 atom stereocenters. The van der Waals surface area contributed by atoms with Crippen molar-refractivity contribution < 1.29 is 19.6 Å². The van der Waals surface area contributed by atoms with Crippen molar-refractivity contribution in [1.82, 2.24) is 10.8 Å². The zero-order valence-corrected chi connectivity index (χ0v) is 16.1. The van der Waals surface area contributed by atoms with Crippen LogP contribution in [0.5, 0.6) is 0 Å². The molecule has 0 radical (unpaired) electrons. The van der Waals surface area contributed by atoms with E-state index in [1.807, 2.05) is 36.4 Å². The molecule has 152 valence electrons. The van der Waals surface area contributed by atoms with Crippen LogP contribution in [0.1, 0.15) is 48.0 Å². The quantitative estimate of drug-likeness (QED) is 0.364. The van der Waals surface area contributed by atoms with Crippen LogP contribution in [0.25, 0.3) is 0 Å². The summed E-state index contributed by atoms with van der Waals surface area (Å²) < 4.78 is 0. The van der Waals surface area contributed by atoms with Gasteiger partial charge >= 0.3 is 0 Å². The summed E-state index contributed by atoms with van der Waals surface area (Å²) in [4.78, 5) is 38.8. The lowest BCUT2D eigenvalue weighted by molar-refractivity contribution is -0.129. The van der Waals surface area contributed by atoms with Gasteiger partial charge < -0.3 is 10.2 Å². The van der Waals surface area contributed by atoms with Gasteiger partial charge in [0.05, 0.1) is 17.8 Å². The first-order valence-corrected chi connectivity index (χ1v) is 9.78. The molecule has 29 heavy (non-hydrogen) atoms. The second-order valence-electron chi connectivity index (χ2n) is 7.09. The van der Waals surface area contributed by atoms with Crippen LogP contribution in [0.3, 0.4) is 0 Å². The van der Waals surface area contributed by atoms with E-state index in [0.29, 0.717) is 37.1 Å². The number of amides is 3. The first kappa shape index (κ1) is 20.5. The van der Waals surface area contributed by atoms with E-state index < -0.39 is 11.9 Å². The summed E-state index contributed by atoms with van der Waals surface area (Å²) in [5, 5.41) is 11.4. The minimum absolute atomic E-state index is 0.139. The Morgan fingerprint density at radius 3 is 2.48 bits per heavy atom. The smallest absolute Gasteiger partial charge is 0.254 e. The number of hydrogen-bond acceptors (Lipinski definition) is 4. The standard InChI is InChI=1S/C22H25N3O4/c26-20(24-29)14-6-2-5-12-18-22(28)25(15-16-9-3-1-4-10-16)19-13-8-7-11-17(19)21(27)23-18/h1,3-4,7-11,13,18,29H,2,5-6,12,14-15H2,(H,23,27)(H,24,26). The molecule has 0 saturated heterocycles. The molecule has 7 heteroatoms. The van der Waals surface area contributed by atoms with Gasteiger partial charge in [0, 0.05) is 6.42 Å². The predicted molar refractivity (Wildman–Crippen MR) is 108 cm³/mol. The number of hydrogen-bond donors (Lipinski definition) is 3. The van der Waals surface area contributed by atoms with Crippen molar-refractivity contribution in [2.45, 2.75) is 44.7 Å². The highest BCUT2D eigenvalue weighted by Crippen LogP contribution is 2.27. The number of carbonyl (C=O) groups excluding carboxylic acids is 3. The van der Waals surface area contributed by atoms with Crippen LogP contribution in [0.15, 0.2) is 54.6 Å². The van der Waals surface area contributed by atoms with E-state index in [4.69, 9.17) is 5.21 Å². The molecule has 1 aliphatic rings. The number of rotatable bonds is 8. The predicted octanol–water partition coefficient (Wildman–Crippen LogP) is 2.79. The first-order valence-electron chi connectivity index (χ1n) is 9.78. The molecular formula is C22H25N3O4. The van der Waals surface area contributed by atoms with E-state index in [1.54, 1.807) is 28.6 Å². The van der Waals surface area contributed by atoms with Crippen LogP contribution in [0.2, 0.25) is 0 Å². The monoisotopic (exact) mass is 395 g/mol. The zero-order chi connectivity index (χ0) is 20.6. The SMILES string of the molecule is O=C(CCCCCC1NC(=O)c2ccccc2N(Cc2ccccc2)C1=O)NO. The fourth-order valence-corrected chi connectivity index (χ4v) is 3.50. The van der Waals surface area contributed by atoms with Crippen LogP contribution in [-0.2, 0) is 16.1 Å². The maximum absolute atomic E-state index is 13.3. The molecule has 2 aromatic rings. The largest absolute Gasteiger partial charge is 0.340 e. The number of fused-ring (bicyclic) bond motifs is 1. The lowest BCUT2D eigenvalue weighted by Crippen LogP contribution is -2.45. The topological polar surface area (TPSA) is 98.7 Å². The third-order valence-electron chi connectivity index (χ3n) is 5.01. The Labute approximate surface area is 169 Å². The summed E-state index contributed by atoms with van der Waals surface area (Å²) in [6.07, 6.45) is 2.73. The minimum Gasteiger partial charge on any atom is -0.340 e. The lowest BCUT2D eigenvalue weighted by Gasteiger charge is -2.25. The molecule has 0 spiro atoms. The molecule has 0 aliphatic carbocycles. The van der Waals surface area contributed by atoms with Crippen molar-refractivity contribution in [2.24, 2.45) is 0 Å². The van der Waals surface area contributed by atoms with Gasteiger partial charge in [-0.05, 0) is 30.5 Å². The van der Waals surface area contributed by atoms with Crippen molar-refractivity contribution >= 4 is 23.4 Å². The Hall–Kier alpha value is -3.19. The molecule has 1 unspecified atom stereocenters. The normalized spacial score (nSPS) is 16.0. The third kappa shape index (κ3) is 5.20. The van der Waals surface area contributed by atoms with Gasteiger partial charge in [-0.3, -0.25) is 19.6 Å². The van der Waals surface area contributed by atoms with Gasteiger partial charge in [-0.1, -0.05) is 55.3 Å². The van der Waals surface area contributed by atoms with Gasteiger partial charge in [-0.25, -0.2) is 5.48 Å². The number of nitrogens with one attached hydrogen (secondary N) is 2. The number of nitrogens with zero attached hydrogens (tertiary/aromatic N) is 1. The molecule has 3 N–H and O–H groups in total. The number of benzene rings is 2. The third-order valence-corrected chi connectivity index (χ3v) is 5.01. The Kier molecular flexibility index (Phi) is 6.97. The zero-order valence-electron chi connectivity index (χ0n) is 16.1. The summed E-state index contributed by atoms with van der Waals surface area (Å²) in [6.45, 7) is 0.388. The molecule has 0 fully saturated rings. The summed E-state index contributed by atoms with van der Waals surface area (Å²) in [5.41, 5.74) is 3.69. The van der Waals surface area contributed by atoms with Gasteiger partial charge in [0.25, 0.3) is 5.91 Å². The molecule has 1 heterocycles. The lowest BCUT2D eigenvalue weighted by atomic mass is 10.1. The van der Waals surface area contributed by atoms with Gasteiger partial charge in [0.15, 0.2) is 0 Å². The first-order chi connectivity index (χ1) is 14.1. The highest BCUT2D eigenvalue weighted by atomic mass is 16.5. The highest BCUT2D eigenvalue weighted by Gasteiger charge is 2.33. The molecule has 0 saturated carbocycles. The second-order valence-corrected chi connectivity index (χ2v) is 7.09. The fourth-order valence-electron chi connectivity index (χ4n) is 3.50. The molecule has 3 rings (SSSR count). The van der Waals surface area contributed by atoms with Crippen molar-refractivity contribution in [3.05, 3.63) is 65.7 Å². The average molecular weight is 395 g/mol. The highest BCUT2D eigenvalue weighted by molar-refractivity contribution is 6.10. The fraction of sp³-hybridized carbons (Fsp3) is 0.318. The summed E-state index contributed by atoms with van der Waals surface area (Å²) in [6, 6.07) is 16.2. The van der Waals surface area contributed by atoms with Gasteiger partial charge in [-0.2, -0.15) is 0 Å². The maximum atomic E-state index is 13.3. The van der Waals surface area contributed by atoms with Crippen molar-refractivity contribution in [3.8, 4) is 0 Å². The summed E-state index contributed by atoms with van der Waals surface area (Å²) >= 11 is 0. The van der Waals surface area contributed by atoms with Gasteiger partial charge in [0.1, 0.15) is 6.04 Å². The van der Waals surface area contributed by atoms with Gasteiger partial charge in [0.2, 0.25) is 11.8 Å².